The van der Waals surface area contributed by atoms with Gasteiger partial charge in [-0.2, -0.15) is 18.2 Å². The molecule has 6 nitrogen and oxygen atoms in total. The van der Waals surface area contributed by atoms with Gasteiger partial charge < -0.3 is 14.7 Å². The average molecular weight is 308 g/mol. The highest BCUT2D eigenvalue weighted by Gasteiger charge is 2.31. The Balaban J connectivity index is 2.58. The maximum absolute atomic E-state index is 12.2. The third-order valence-electron chi connectivity index (χ3n) is 2.55. The highest BCUT2D eigenvalue weighted by atomic mass is 19.4. The SMILES string of the molecule is CC(C)Cc1noc([C@H](C)NC(=O)N(C)CC(F)(F)F)n1. The number of nitrogens with zero attached hydrogens (tertiary/aromatic N) is 3. The van der Waals surface area contributed by atoms with Crippen LogP contribution in [-0.2, 0) is 6.42 Å². The molecule has 0 aliphatic rings. The first kappa shape index (κ1) is 17.3. The molecule has 1 aromatic heterocycles. The van der Waals surface area contributed by atoms with Gasteiger partial charge in [-0.25, -0.2) is 4.79 Å². The highest BCUT2D eigenvalue weighted by Crippen LogP contribution is 2.16. The van der Waals surface area contributed by atoms with Gasteiger partial charge in [0.05, 0.1) is 0 Å². The van der Waals surface area contributed by atoms with Crippen LogP contribution in [0, 0.1) is 5.92 Å². The zero-order valence-corrected chi connectivity index (χ0v) is 12.4. The lowest BCUT2D eigenvalue weighted by Gasteiger charge is -2.20. The Bertz CT molecular complexity index is 473. The molecular weight excluding hydrogens is 289 g/mol. The van der Waals surface area contributed by atoms with Crippen molar-refractivity contribution >= 4 is 6.03 Å². The van der Waals surface area contributed by atoms with Crippen LogP contribution in [0.1, 0.15) is 38.5 Å². The van der Waals surface area contributed by atoms with Gasteiger partial charge in [0, 0.05) is 13.5 Å². The maximum Gasteiger partial charge on any atom is 0.406 e. The van der Waals surface area contributed by atoms with Crippen molar-refractivity contribution in [2.24, 2.45) is 5.92 Å². The van der Waals surface area contributed by atoms with Crippen LogP contribution in [0.15, 0.2) is 4.52 Å². The summed E-state index contributed by atoms with van der Waals surface area (Å²) in [6, 6.07) is -1.52. The van der Waals surface area contributed by atoms with Crippen molar-refractivity contribution in [2.75, 3.05) is 13.6 Å². The summed E-state index contributed by atoms with van der Waals surface area (Å²) in [4.78, 5) is 16.3. The monoisotopic (exact) mass is 308 g/mol. The van der Waals surface area contributed by atoms with Crippen molar-refractivity contribution in [2.45, 2.75) is 39.4 Å². The Hall–Kier alpha value is -1.80. The molecule has 0 saturated carbocycles. The van der Waals surface area contributed by atoms with Gasteiger partial charge in [0.25, 0.3) is 0 Å². The second-order valence-corrected chi connectivity index (χ2v) is 5.29. The second kappa shape index (κ2) is 6.77. The van der Waals surface area contributed by atoms with Gasteiger partial charge in [-0.05, 0) is 12.8 Å². The van der Waals surface area contributed by atoms with Crippen LogP contribution in [0.25, 0.3) is 0 Å². The first-order valence-electron chi connectivity index (χ1n) is 6.49. The van der Waals surface area contributed by atoms with Gasteiger partial charge in [0.2, 0.25) is 5.89 Å². The Labute approximate surface area is 120 Å². The smallest absolute Gasteiger partial charge is 0.337 e. The molecule has 0 fully saturated rings. The summed E-state index contributed by atoms with van der Waals surface area (Å²) in [5.74, 6) is 1.02. The minimum atomic E-state index is -4.44. The fourth-order valence-corrected chi connectivity index (χ4v) is 1.59. The quantitative estimate of drug-likeness (QED) is 0.907. The lowest BCUT2D eigenvalue weighted by molar-refractivity contribution is -0.137. The van der Waals surface area contributed by atoms with Crippen molar-refractivity contribution in [3.63, 3.8) is 0 Å². The van der Waals surface area contributed by atoms with Gasteiger partial charge in [-0.3, -0.25) is 0 Å². The number of hydrogen-bond acceptors (Lipinski definition) is 4. The van der Waals surface area contributed by atoms with Crippen LogP contribution in [0.2, 0.25) is 0 Å². The molecule has 1 heterocycles. The fraction of sp³-hybridized carbons (Fsp3) is 0.750. The van der Waals surface area contributed by atoms with Crippen molar-refractivity contribution < 1.29 is 22.5 Å². The minimum absolute atomic E-state index is 0.166. The average Bonchev–Trinajstić information content (AvgIpc) is 2.74. The van der Waals surface area contributed by atoms with Crippen LogP contribution in [-0.4, -0.2) is 40.8 Å². The molecule has 0 aliphatic heterocycles. The summed E-state index contributed by atoms with van der Waals surface area (Å²) >= 11 is 0. The Morgan fingerprint density at radius 3 is 2.52 bits per heavy atom. The molecule has 0 spiro atoms. The normalized spacial score (nSPS) is 13.3. The van der Waals surface area contributed by atoms with Gasteiger partial charge >= 0.3 is 12.2 Å². The summed E-state index contributed by atoms with van der Waals surface area (Å²) in [6.45, 7) is 4.22. The number of halogens is 3. The predicted molar refractivity (Wildman–Crippen MR) is 68.5 cm³/mol. The van der Waals surface area contributed by atoms with E-state index in [9.17, 15) is 18.0 Å². The Kier molecular flexibility index (Phi) is 5.56. The summed E-state index contributed by atoms with van der Waals surface area (Å²) in [5.41, 5.74) is 0. The van der Waals surface area contributed by atoms with E-state index in [-0.39, 0.29) is 5.89 Å². The van der Waals surface area contributed by atoms with Crippen LogP contribution in [0.5, 0.6) is 0 Å². The number of carbonyl (C=O) groups excluding carboxylic acids is 1. The van der Waals surface area contributed by atoms with E-state index >= 15 is 0 Å². The van der Waals surface area contributed by atoms with Gasteiger partial charge in [-0.1, -0.05) is 19.0 Å². The van der Waals surface area contributed by atoms with Crippen molar-refractivity contribution in [3.05, 3.63) is 11.7 Å². The lowest BCUT2D eigenvalue weighted by Crippen LogP contribution is -2.43. The minimum Gasteiger partial charge on any atom is -0.337 e. The first-order valence-corrected chi connectivity index (χ1v) is 6.49. The van der Waals surface area contributed by atoms with Crippen LogP contribution in [0.4, 0.5) is 18.0 Å². The third-order valence-corrected chi connectivity index (χ3v) is 2.55. The van der Waals surface area contributed by atoms with E-state index in [2.05, 4.69) is 15.5 Å². The summed E-state index contributed by atoms with van der Waals surface area (Å²) in [6.07, 6.45) is -3.82. The number of urea groups is 1. The standard InChI is InChI=1S/C12H19F3N4O2/c1-7(2)5-9-17-10(21-18-9)8(3)16-11(20)19(4)6-12(13,14)15/h7-8H,5-6H2,1-4H3,(H,16,20)/t8-/m0/s1. The molecule has 120 valence electrons. The van der Waals surface area contributed by atoms with Crippen molar-refractivity contribution in [1.82, 2.24) is 20.4 Å². The molecule has 21 heavy (non-hydrogen) atoms. The molecule has 1 aromatic rings. The van der Waals surface area contributed by atoms with E-state index in [0.717, 1.165) is 7.05 Å². The number of nitrogens with one attached hydrogen (secondary N) is 1. The third kappa shape index (κ3) is 6.01. The molecule has 0 aliphatic carbocycles. The van der Waals surface area contributed by atoms with Gasteiger partial charge in [0.15, 0.2) is 5.82 Å². The van der Waals surface area contributed by atoms with E-state index in [1.54, 1.807) is 6.92 Å². The van der Waals surface area contributed by atoms with Crippen LogP contribution >= 0.6 is 0 Å². The van der Waals surface area contributed by atoms with E-state index in [4.69, 9.17) is 4.52 Å². The Morgan fingerprint density at radius 2 is 2.00 bits per heavy atom. The fourth-order valence-electron chi connectivity index (χ4n) is 1.59. The number of amides is 2. The second-order valence-electron chi connectivity index (χ2n) is 5.29. The van der Waals surface area contributed by atoms with Crippen molar-refractivity contribution in [3.8, 4) is 0 Å². The predicted octanol–water partition coefficient (Wildman–Crippen LogP) is 2.53. The first-order chi connectivity index (χ1) is 9.58. The van der Waals surface area contributed by atoms with Crippen LogP contribution < -0.4 is 5.32 Å². The van der Waals surface area contributed by atoms with E-state index in [1.807, 2.05) is 13.8 Å². The van der Waals surface area contributed by atoms with E-state index in [0.29, 0.717) is 23.1 Å². The van der Waals surface area contributed by atoms with E-state index in [1.165, 1.54) is 0 Å². The largest absolute Gasteiger partial charge is 0.406 e. The molecule has 0 unspecified atom stereocenters. The van der Waals surface area contributed by atoms with Crippen molar-refractivity contribution in [1.29, 1.82) is 0 Å². The summed E-state index contributed by atoms with van der Waals surface area (Å²) in [7, 11) is 1.06. The molecule has 1 atom stereocenters. The van der Waals surface area contributed by atoms with Gasteiger partial charge in [-0.15, -0.1) is 0 Å². The number of alkyl halides is 3. The number of rotatable bonds is 5. The lowest BCUT2D eigenvalue weighted by atomic mass is 10.1. The Morgan fingerprint density at radius 1 is 1.38 bits per heavy atom. The number of hydrogen-bond donors (Lipinski definition) is 1. The van der Waals surface area contributed by atoms with Crippen LogP contribution in [0.3, 0.4) is 0 Å². The molecular formula is C12H19F3N4O2. The molecule has 2 amide bonds. The summed E-state index contributed by atoms with van der Waals surface area (Å²) < 4.78 is 41.6. The number of aromatic nitrogens is 2. The molecule has 0 radical (unpaired) electrons. The number of carbonyl (C=O) groups is 1. The molecule has 1 rings (SSSR count). The van der Waals surface area contributed by atoms with E-state index < -0.39 is 24.8 Å². The highest BCUT2D eigenvalue weighted by molar-refractivity contribution is 5.74. The molecule has 1 N–H and O–H groups in total. The molecule has 0 saturated heterocycles. The zero-order valence-electron chi connectivity index (χ0n) is 12.4. The van der Waals surface area contributed by atoms with Gasteiger partial charge in [0.1, 0.15) is 12.6 Å². The topological polar surface area (TPSA) is 71.3 Å². The summed E-state index contributed by atoms with van der Waals surface area (Å²) in [5, 5.41) is 6.13. The molecule has 0 aromatic carbocycles. The zero-order chi connectivity index (χ0) is 16.2. The maximum atomic E-state index is 12.2. The molecule has 9 heteroatoms. The molecule has 0 bridgehead atoms.